The minimum absolute atomic E-state index is 0.854. The average molecular weight is 306 g/mol. The number of hydrogen-bond acceptors (Lipinski definition) is 4. The quantitative estimate of drug-likeness (QED) is 0.558. The van der Waals surface area contributed by atoms with Crippen LogP contribution < -0.4 is 0 Å². The van der Waals surface area contributed by atoms with Gasteiger partial charge in [-0.15, -0.1) is 11.3 Å². The van der Waals surface area contributed by atoms with E-state index in [9.17, 15) is 0 Å². The van der Waals surface area contributed by atoms with E-state index in [0.29, 0.717) is 0 Å². The van der Waals surface area contributed by atoms with Gasteiger partial charge in [-0.25, -0.2) is 14.6 Å². The Kier molecular flexibility index (Phi) is 3.01. The molecule has 0 aliphatic rings. The van der Waals surface area contributed by atoms with E-state index in [0.717, 1.165) is 27.3 Å². The highest BCUT2D eigenvalue weighted by Gasteiger charge is 2.15. The molecule has 0 fully saturated rings. The number of fused-ring (bicyclic) bond motifs is 1. The van der Waals surface area contributed by atoms with Crippen molar-refractivity contribution in [1.29, 1.82) is 0 Å². The number of thiazole rings is 1. The third kappa shape index (κ3) is 1.94. The molecule has 0 atom stereocenters. The van der Waals surface area contributed by atoms with Gasteiger partial charge in [0.25, 0.3) is 0 Å². The van der Waals surface area contributed by atoms with Crippen LogP contribution in [-0.2, 0) is 0 Å². The van der Waals surface area contributed by atoms with Gasteiger partial charge in [0, 0.05) is 5.56 Å². The van der Waals surface area contributed by atoms with E-state index in [1.807, 2.05) is 22.3 Å². The van der Waals surface area contributed by atoms with Gasteiger partial charge in [0.15, 0.2) is 5.82 Å². The Labute approximate surface area is 132 Å². The van der Waals surface area contributed by atoms with Gasteiger partial charge in [-0.3, -0.25) is 0 Å². The molecule has 0 radical (unpaired) electrons. The first-order valence-electron chi connectivity index (χ1n) is 7.05. The largest absolute Gasteiger partial charge is 0.245 e. The summed E-state index contributed by atoms with van der Waals surface area (Å²) in [6.45, 7) is 4.20. The molecule has 5 heteroatoms. The van der Waals surface area contributed by atoms with Crippen LogP contribution in [0.1, 0.15) is 11.1 Å². The molecule has 4 aromatic rings. The number of aryl methyl sites for hydroxylation is 2. The van der Waals surface area contributed by atoms with Crippen molar-refractivity contribution in [1.82, 2.24) is 19.7 Å². The molecule has 2 aromatic heterocycles. The fourth-order valence-corrected chi connectivity index (χ4v) is 3.59. The molecule has 0 saturated heterocycles. The van der Waals surface area contributed by atoms with E-state index in [1.165, 1.54) is 11.1 Å². The van der Waals surface area contributed by atoms with Crippen LogP contribution in [0.15, 0.2) is 48.2 Å². The zero-order valence-electron chi connectivity index (χ0n) is 12.3. The molecule has 22 heavy (non-hydrogen) atoms. The summed E-state index contributed by atoms with van der Waals surface area (Å²) >= 11 is 1.63. The monoisotopic (exact) mass is 306 g/mol. The Hall–Kier alpha value is -2.53. The van der Waals surface area contributed by atoms with Crippen molar-refractivity contribution in [3.63, 3.8) is 0 Å². The number of nitrogens with zero attached hydrogens (tertiary/aromatic N) is 4. The fraction of sp³-hybridized carbons (Fsp3) is 0.118. The van der Waals surface area contributed by atoms with Gasteiger partial charge in [0.1, 0.15) is 6.33 Å². The molecule has 0 spiro atoms. The summed E-state index contributed by atoms with van der Waals surface area (Å²) in [7, 11) is 0. The highest BCUT2D eigenvalue weighted by atomic mass is 32.1. The summed E-state index contributed by atoms with van der Waals surface area (Å²) in [5, 5.41) is 4.47. The van der Waals surface area contributed by atoms with Gasteiger partial charge in [0.2, 0.25) is 0 Å². The first kappa shape index (κ1) is 13.2. The van der Waals surface area contributed by atoms with Crippen LogP contribution in [0, 0.1) is 13.8 Å². The molecular formula is C17H14N4S. The SMILES string of the molecule is Cc1cccc(C)c1-n1ncnc1-c1cccc2ncsc12. The Bertz CT molecular complexity index is 947. The molecule has 2 aromatic carbocycles. The van der Waals surface area contributed by atoms with Crippen molar-refractivity contribution in [2.75, 3.05) is 0 Å². The zero-order valence-corrected chi connectivity index (χ0v) is 13.1. The van der Waals surface area contributed by atoms with Crippen molar-refractivity contribution in [2.24, 2.45) is 0 Å². The number of para-hydroxylation sites is 1. The molecule has 0 amide bonds. The highest BCUT2D eigenvalue weighted by Crippen LogP contribution is 2.31. The second-order valence-electron chi connectivity index (χ2n) is 5.24. The van der Waals surface area contributed by atoms with Crippen LogP contribution >= 0.6 is 11.3 Å². The van der Waals surface area contributed by atoms with Crippen molar-refractivity contribution >= 4 is 21.6 Å². The first-order valence-corrected chi connectivity index (χ1v) is 7.93. The summed E-state index contributed by atoms with van der Waals surface area (Å²) in [6.07, 6.45) is 1.61. The molecule has 4 rings (SSSR count). The Balaban J connectivity index is 2.00. The van der Waals surface area contributed by atoms with Crippen LogP contribution in [0.25, 0.3) is 27.3 Å². The van der Waals surface area contributed by atoms with Crippen molar-refractivity contribution in [3.05, 3.63) is 59.4 Å². The third-order valence-electron chi connectivity index (χ3n) is 3.80. The van der Waals surface area contributed by atoms with Crippen LogP contribution in [-0.4, -0.2) is 19.7 Å². The van der Waals surface area contributed by atoms with Crippen molar-refractivity contribution < 1.29 is 0 Å². The lowest BCUT2D eigenvalue weighted by Crippen LogP contribution is -2.04. The highest BCUT2D eigenvalue weighted by molar-refractivity contribution is 7.17. The molecule has 4 nitrogen and oxygen atoms in total. The van der Waals surface area contributed by atoms with E-state index >= 15 is 0 Å². The summed E-state index contributed by atoms with van der Waals surface area (Å²) in [4.78, 5) is 8.89. The van der Waals surface area contributed by atoms with E-state index < -0.39 is 0 Å². The lowest BCUT2D eigenvalue weighted by atomic mass is 10.1. The van der Waals surface area contributed by atoms with Gasteiger partial charge in [-0.1, -0.05) is 24.3 Å². The van der Waals surface area contributed by atoms with Gasteiger partial charge < -0.3 is 0 Å². The van der Waals surface area contributed by atoms with Gasteiger partial charge in [-0.2, -0.15) is 5.10 Å². The topological polar surface area (TPSA) is 43.6 Å². The smallest absolute Gasteiger partial charge is 0.164 e. The standard InChI is InChI=1S/C17H14N4S/c1-11-5-3-6-12(2)15(11)21-17(18-9-20-21)13-7-4-8-14-16(13)22-10-19-14/h3-10H,1-2H3. The number of rotatable bonds is 2. The van der Waals surface area contributed by atoms with Crippen LogP contribution in [0.5, 0.6) is 0 Å². The second-order valence-corrected chi connectivity index (χ2v) is 6.10. The Morgan fingerprint density at radius 2 is 1.73 bits per heavy atom. The summed E-state index contributed by atoms with van der Waals surface area (Å²) in [6, 6.07) is 12.4. The van der Waals surface area contributed by atoms with E-state index in [4.69, 9.17) is 0 Å². The summed E-state index contributed by atoms with van der Waals surface area (Å²) < 4.78 is 3.07. The number of benzene rings is 2. The predicted octanol–water partition coefficient (Wildman–Crippen LogP) is 4.16. The molecule has 0 bridgehead atoms. The van der Waals surface area contributed by atoms with Crippen molar-refractivity contribution in [2.45, 2.75) is 13.8 Å². The van der Waals surface area contributed by atoms with E-state index in [-0.39, 0.29) is 0 Å². The first-order chi connectivity index (χ1) is 10.8. The molecule has 108 valence electrons. The van der Waals surface area contributed by atoms with Crippen molar-refractivity contribution in [3.8, 4) is 17.1 Å². The zero-order chi connectivity index (χ0) is 15.1. The molecule has 2 heterocycles. The fourth-order valence-electron chi connectivity index (χ4n) is 2.79. The summed E-state index contributed by atoms with van der Waals surface area (Å²) in [5.74, 6) is 0.854. The maximum atomic E-state index is 4.51. The van der Waals surface area contributed by atoms with Gasteiger partial charge >= 0.3 is 0 Å². The number of aromatic nitrogens is 4. The van der Waals surface area contributed by atoms with E-state index in [1.54, 1.807) is 17.7 Å². The average Bonchev–Trinajstić information content (AvgIpc) is 3.15. The van der Waals surface area contributed by atoms with Crippen LogP contribution in [0.2, 0.25) is 0 Å². The predicted molar refractivity (Wildman–Crippen MR) is 89.4 cm³/mol. The lowest BCUT2D eigenvalue weighted by Gasteiger charge is -2.12. The minimum Gasteiger partial charge on any atom is -0.245 e. The lowest BCUT2D eigenvalue weighted by molar-refractivity contribution is 0.872. The third-order valence-corrected chi connectivity index (χ3v) is 4.67. The molecular weight excluding hydrogens is 292 g/mol. The van der Waals surface area contributed by atoms with Gasteiger partial charge in [0.05, 0.1) is 21.4 Å². The van der Waals surface area contributed by atoms with Crippen LogP contribution in [0.3, 0.4) is 0 Å². The summed E-state index contributed by atoms with van der Waals surface area (Å²) in [5.41, 5.74) is 7.40. The molecule has 0 unspecified atom stereocenters. The number of hydrogen-bond donors (Lipinski definition) is 0. The normalized spacial score (nSPS) is 11.2. The molecule has 0 saturated carbocycles. The molecule has 0 aliphatic carbocycles. The second kappa shape index (κ2) is 5.03. The van der Waals surface area contributed by atoms with Crippen LogP contribution in [0.4, 0.5) is 0 Å². The van der Waals surface area contributed by atoms with Gasteiger partial charge in [-0.05, 0) is 37.1 Å². The Morgan fingerprint density at radius 1 is 0.955 bits per heavy atom. The maximum Gasteiger partial charge on any atom is 0.164 e. The maximum absolute atomic E-state index is 4.51. The molecule has 0 N–H and O–H groups in total. The minimum atomic E-state index is 0.854. The molecule has 0 aliphatic heterocycles. The van der Waals surface area contributed by atoms with E-state index in [2.05, 4.69) is 53.2 Å². The Morgan fingerprint density at radius 3 is 2.55 bits per heavy atom.